The Hall–Kier alpha value is -4.51. The maximum absolute atomic E-state index is 13.4. The number of aryl methyl sites for hydroxylation is 1. The minimum atomic E-state index is -3.32. The summed E-state index contributed by atoms with van der Waals surface area (Å²) >= 11 is 0. The molecular formula is C28H28FN5O4S. The molecule has 1 unspecified atom stereocenters. The van der Waals surface area contributed by atoms with Crippen LogP contribution in [0.25, 0.3) is 11.1 Å². The zero-order valence-corrected chi connectivity index (χ0v) is 22.6. The quantitative estimate of drug-likeness (QED) is 0.261. The third-order valence-electron chi connectivity index (χ3n) is 5.60. The fourth-order valence-electron chi connectivity index (χ4n) is 3.73. The molecule has 0 aliphatic rings. The fraction of sp³-hybridized carbons (Fsp3) is 0.179. The van der Waals surface area contributed by atoms with Gasteiger partial charge in [-0.1, -0.05) is 18.2 Å². The Balaban J connectivity index is 1.62. The molecule has 4 aromatic rings. The van der Waals surface area contributed by atoms with Crippen LogP contribution in [0.2, 0.25) is 0 Å². The van der Waals surface area contributed by atoms with E-state index in [1.807, 2.05) is 0 Å². The van der Waals surface area contributed by atoms with Gasteiger partial charge < -0.3 is 14.6 Å². The molecule has 9 nitrogen and oxygen atoms in total. The van der Waals surface area contributed by atoms with Crippen LogP contribution in [0.4, 0.5) is 20.6 Å². The van der Waals surface area contributed by atoms with Crippen molar-refractivity contribution in [2.45, 2.75) is 36.3 Å². The summed E-state index contributed by atoms with van der Waals surface area (Å²) in [6.45, 7) is 5.21. The average molecular weight is 550 g/mol. The summed E-state index contributed by atoms with van der Waals surface area (Å²) in [5, 5.41) is 5.70. The number of benzene rings is 3. The maximum atomic E-state index is 13.4. The number of halogens is 1. The summed E-state index contributed by atoms with van der Waals surface area (Å²) in [6.07, 6.45) is 2.15. The number of nitrogens with zero attached hydrogens (tertiary/aromatic N) is 2. The van der Waals surface area contributed by atoms with Gasteiger partial charge in [0.25, 0.3) is 5.91 Å². The molecule has 0 saturated carbocycles. The maximum Gasteiger partial charge on any atom is 0.412 e. The normalized spacial score (nSPS) is 12.8. The minimum Gasteiger partial charge on any atom is -0.444 e. The number of hydrogen-bond donors (Lipinski definition) is 3. The lowest BCUT2D eigenvalue weighted by molar-refractivity contribution is 0.0635. The van der Waals surface area contributed by atoms with Crippen molar-refractivity contribution in [3.8, 4) is 11.1 Å². The van der Waals surface area contributed by atoms with E-state index in [9.17, 15) is 18.2 Å². The van der Waals surface area contributed by atoms with Crippen LogP contribution in [0.15, 0.2) is 89.2 Å². The molecule has 0 saturated heterocycles. The van der Waals surface area contributed by atoms with Gasteiger partial charge in [0.15, 0.2) is 0 Å². The second-order valence-electron chi connectivity index (χ2n) is 9.77. The van der Waals surface area contributed by atoms with Crippen LogP contribution in [0, 0.1) is 10.6 Å². The molecule has 4 rings (SSSR count). The van der Waals surface area contributed by atoms with Crippen LogP contribution in [0.1, 0.15) is 31.1 Å². The summed E-state index contributed by atoms with van der Waals surface area (Å²) in [4.78, 5) is 29.8. The van der Waals surface area contributed by atoms with Crippen molar-refractivity contribution < 1.29 is 22.9 Å². The van der Waals surface area contributed by atoms with Crippen molar-refractivity contribution in [1.82, 2.24) is 9.55 Å². The summed E-state index contributed by atoms with van der Waals surface area (Å²) < 4.78 is 41.8. The lowest BCUT2D eigenvalue weighted by atomic mass is 10.0. The van der Waals surface area contributed by atoms with E-state index in [1.54, 1.807) is 58.2 Å². The largest absolute Gasteiger partial charge is 0.444 e. The predicted octanol–water partition coefficient (Wildman–Crippen LogP) is 6.29. The molecular weight excluding hydrogens is 521 g/mol. The van der Waals surface area contributed by atoms with Gasteiger partial charge in [0.1, 0.15) is 26.2 Å². The molecule has 0 aliphatic carbocycles. The predicted molar refractivity (Wildman–Crippen MR) is 147 cm³/mol. The number of ether oxygens (including phenoxy) is 1. The van der Waals surface area contributed by atoms with Gasteiger partial charge in [-0.15, -0.1) is 0 Å². The molecule has 11 heteroatoms. The second-order valence-corrected chi connectivity index (χ2v) is 11.8. The molecule has 1 atom stereocenters. The minimum absolute atomic E-state index is 0.230. The zero-order chi connectivity index (χ0) is 28.4. The highest BCUT2D eigenvalue weighted by Gasteiger charge is 2.20. The Bertz CT molecular complexity index is 1620. The first kappa shape index (κ1) is 27.5. The number of amides is 2. The van der Waals surface area contributed by atoms with Crippen molar-refractivity contribution in [2.24, 2.45) is 7.05 Å². The Labute approximate surface area is 226 Å². The Morgan fingerprint density at radius 2 is 1.59 bits per heavy atom. The topological polar surface area (TPSA) is 126 Å². The summed E-state index contributed by atoms with van der Waals surface area (Å²) in [5.74, 6) is -0.874. The van der Waals surface area contributed by atoms with E-state index < -0.39 is 27.3 Å². The molecule has 0 bridgehead atoms. The van der Waals surface area contributed by atoms with Crippen LogP contribution in [0.5, 0.6) is 0 Å². The average Bonchev–Trinajstić information content (AvgIpc) is 3.31. The van der Waals surface area contributed by atoms with E-state index in [-0.39, 0.29) is 27.0 Å². The monoisotopic (exact) mass is 549 g/mol. The zero-order valence-electron chi connectivity index (χ0n) is 21.8. The molecule has 2 amide bonds. The molecule has 202 valence electrons. The van der Waals surface area contributed by atoms with Gasteiger partial charge in [-0.3, -0.25) is 10.1 Å². The van der Waals surface area contributed by atoms with E-state index in [0.29, 0.717) is 16.8 Å². The Kier molecular flexibility index (Phi) is 7.55. The molecule has 0 radical (unpaired) electrons. The summed E-state index contributed by atoms with van der Waals surface area (Å²) in [6, 6.07) is 16.8. The number of imidazole rings is 1. The fourth-order valence-corrected chi connectivity index (χ4v) is 5.15. The number of carbonyl (C=O) groups is 2. The van der Waals surface area contributed by atoms with Crippen molar-refractivity contribution in [3.05, 3.63) is 90.6 Å². The van der Waals surface area contributed by atoms with Crippen molar-refractivity contribution in [2.75, 3.05) is 10.6 Å². The van der Waals surface area contributed by atoms with E-state index in [0.717, 1.165) is 0 Å². The Morgan fingerprint density at radius 3 is 2.18 bits per heavy atom. The van der Waals surface area contributed by atoms with E-state index in [4.69, 9.17) is 9.52 Å². The number of carbonyl (C=O) groups excluding carboxylic acids is 2. The molecule has 0 spiro atoms. The molecule has 0 aliphatic heterocycles. The first-order valence-corrected chi connectivity index (χ1v) is 13.5. The highest BCUT2D eigenvalue weighted by atomic mass is 32.2. The molecule has 1 aromatic heterocycles. The molecule has 0 fully saturated rings. The van der Waals surface area contributed by atoms with Gasteiger partial charge in [-0.2, -0.15) is 0 Å². The molecule has 1 heterocycles. The number of hydrogen-bond acceptors (Lipinski definition) is 6. The second kappa shape index (κ2) is 10.7. The lowest BCUT2D eigenvalue weighted by Crippen LogP contribution is -2.27. The number of aromatic nitrogens is 2. The van der Waals surface area contributed by atoms with E-state index in [2.05, 4.69) is 15.6 Å². The van der Waals surface area contributed by atoms with Crippen LogP contribution in [-0.2, 0) is 21.5 Å². The van der Waals surface area contributed by atoms with Crippen LogP contribution < -0.4 is 10.6 Å². The standard InChI is InChI=1S/C28H28FN5O4S/c1-28(2,3)38-27(36)33-23-14-9-20(18-5-10-21(29)11-6-18)15-24(23)32-26(35)19-7-12-22(13-8-19)39(30,37)25-16-31-17-34(25)4/h5-17,30H,1-4H3,(H,32,35)(H,33,36). The van der Waals surface area contributed by atoms with Gasteiger partial charge >= 0.3 is 6.09 Å². The van der Waals surface area contributed by atoms with Crippen molar-refractivity contribution >= 4 is 33.1 Å². The number of rotatable bonds is 6. The van der Waals surface area contributed by atoms with E-state index in [1.165, 1.54) is 53.5 Å². The van der Waals surface area contributed by atoms with Crippen LogP contribution in [0.3, 0.4) is 0 Å². The van der Waals surface area contributed by atoms with Gasteiger partial charge in [0.2, 0.25) is 0 Å². The smallest absolute Gasteiger partial charge is 0.412 e. The van der Waals surface area contributed by atoms with Crippen molar-refractivity contribution in [3.63, 3.8) is 0 Å². The highest BCUT2D eigenvalue weighted by Crippen LogP contribution is 2.30. The number of anilines is 2. The van der Waals surface area contributed by atoms with Gasteiger partial charge in [-0.05, 0) is 80.4 Å². The van der Waals surface area contributed by atoms with E-state index >= 15 is 0 Å². The van der Waals surface area contributed by atoms with Gasteiger partial charge in [0, 0.05) is 12.6 Å². The molecule has 3 N–H and O–H groups in total. The first-order valence-electron chi connectivity index (χ1n) is 11.9. The van der Waals surface area contributed by atoms with Gasteiger partial charge in [0.05, 0.1) is 28.8 Å². The Morgan fingerprint density at radius 1 is 0.949 bits per heavy atom. The molecule has 39 heavy (non-hydrogen) atoms. The van der Waals surface area contributed by atoms with Crippen molar-refractivity contribution in [1.29, 1.82) is 4.78 Å². The van der Waals surface area contributed by atoms with Crippen LogP contribution >= 0.6 is 0 Å². The third-order valence-corrected chi connectivity index (χ3v) is 7.51. The number of nitrogens with one attached hydrogen (secondary N) is 3. The molecule has 3 aromatic carbocycles. The third kappa shape index (κ3) is 6.50. The summed E-state index contributed by atoms with van der Waals surface area (Å²) in [5.41, 5.74) is 1.49. The summed E-state index contributed by atoms with van der Waals surface area (Å²) in [7, 11) is -1.67. The lowest BCUT2D eigenvalue weighted by Gasteiger charge is -2.21. The highest BCUT2D eigenvalue weighted by molar-refractivity contribution is 7.92. The van der Waals surface area contributed by atoms with Crippen LogP contribution in [-0.4, -0.2) is 31.4 Å². The SMILES string of the molecule is Cn1cncc1S(=N)(=O)c1ccc(C(=O)Nc2cc(-c3ccc(F)cc3)ccc2NC(=O)OC(C)(C)C)cc1. The van der Waals surface area contributed by atoms with Gasteiger partial charge in [-0.25, -0.2) is 23.2 Å². The first-order chi connectivity index (χ1) is 18.3.